The molecule has 0 amide bonds. The lowest BCUT2D eigenvalue weighted by Gasteiger charge is -2.18. The molecule has 1 aromatic heterocycles. The van der Waals surface area contributed by atoms with Crippen LogP contribution >= 0.6 is 0 Å². The zero-order valence-corrected chi connectivity index (χ0v) is 12.6. The van der Waals surface area contributed by atoms with Gasteiger partial charge in [-0.05, 0) is 29.7 Å². The molecule has 0 aliphatic rings. The number of hydrogen-bond donors (Lipinski definition) is 1. The molecular weight excluding hydrogens is 280 g/mol. The van der Waals surface area contributed by atoms with E-state index in [1.807, 2.05) is 36.4 Å². The smallest absolute Gasteiger partial charge is 0.259 e. The maximum absolute atomic E-state index is 12.8. The van der Waals surface area contributed by atoms with Crippen molar-refractivity contribution in [1.82, 2.24) is 4.57 Å². The van der Waals surface area contributed by atoms with Crippen LogP contribution in [0.25, 0.3) is 21.7 Å². The van der Waals surface area contributed by atoms with Gasteiger partial charge >= 0.3 is 0 Å². The third-order valence-electron chi connectivity index (χ3n) is 3.86. The van der Waals surface area contributed by atoms with Crippen LogP contribution in [0, 0.1) is 0 Å². The minimum atomic E-state index is -0.486. The zero-order valence-electron chi connectivity index (χ0n) is 12.6. The molecule has 0 radical (unpaired) electrons. The fraction of sp³-hybridized carbons (Fsp3) is 0.235. The van der Waals surface area contributed by atoms with Gasteiger partial charge in [0.05, 0.1) is 12.1 Å². The van der Waals surface area contributed by atoms with E-state index in [2.05, 4.69) is 0 Å². The summed E-state index contributed by atoms with van der Waals surface area (Å²) in [6, 6.07) is 13.1. The largest absolute Gasteiger partial charge is 0.399 e. The average molecular weight is 298 g/mol. The lowest BCUT2D eigenvalue weighted by atomic mass is 10.1. The third kappa shape index (κ3) is 2.34. The van der Waals surface area contributed by atoms with E-state index in [-0.39, 0.29) is 5.56 Å². The minimum Gasteiger partial charge on any atom is -0.399 e. The van der Waals surface area contributed by atoms with Crippen molar-refractivity contribution in [2.45, 2.75) is 12.8 Å². The number of nitrogens with two attached hydrogens (primary N) is 1. The van der Waals surface area contributed by atoms with Gasteiger partial charge in [-0.25, -0.2) is 0 Å². The zero-order chi connectivity index (χ0) is 15.7. The number of aromatic nitrogens is 1. The van der Waals surface area contributed by atoms with Crippen molar-refractivity contribution in [3.05, 3.63) is 52.8 Å². The molecule has 0 aliphatic heterocycles. The van der Waals surface area contributed by atoms with Crippen LogP contribution in [0.4, 0.5) is 5.69 Å². The van der Waals surface area contributed by atoms with Crippen LogP contribution in [-0.2, 0) is 16.0 Å². The van der Waals surface area contributed by atoms with Crippen LogP contribution in [0.3, 0.4) is 0 Å². The van der Waals surface area contributed by atoms with E-state index in [0.717, 1.165) is 16.3 Å². The van der Waals surface area contributed by atoms with E-state index in [0.29, 0.717) is 17.6 Å². The first-order valence-corrected chi connectivity index (χ1v) is 7.02. The lowest BCUT2D eigenvalue weighted by molar-refractivity contribution is -0.110. The van der Waals surface area contributed by atoms with Gasteiger partial charge < -0.3 is 19.8 Å². The van der Waals surface area contributed by atoms with E-state index in [4.69, 9.17) is 15.2 Å². The van der Waals surface area contributed by atoms with Crippen LogP contribution in [0.15, 0.2) is 47.3 Å². The first-order chi connectivity index (χ1) is 10.7. The van der Waals surface area contributed by atoms with Crippen molar-refractivity contribution in [2.24, 2.45) is 0 Å². The van der Waals surface area contributed by atoms with Crippen molar-refractivity contribution < 1.29 is 9.47 Å². The molecular formula is C17H18N2O3. The van der Waals surface area contributed by atoms with Gasteiger partial charge in [-0.2, -0.15) is 0 Å². The fourth-order valence-corrected chi connectivity index (χ4v) is 2.74. The normalized spacial score (nSPS) is 11.6. The quantitative estimate of drug-likeness (QED) is 0.456. The summed E-state index contributed by atoms with van der Waals surface area (Å²) >= 11 is 0. The summed E-state index contributed by atoms with van der Waals surface area (Å²) in [5, 5.41) is 2.50. The fourth-order valence-electron chi connectivity index (χ4n) is 2.74. The topological polar surface area (TPSA) is 66.5 Å². The van der Waals surface area contributed by atoms with Crippen LogP contribution in [0.1, 0.15) is 0 Å². The molecule has 1 heterocycles. The molecule has 0 atom stereocenters. The number of fused-ring (bicyclic) bond motifs is 3. The molecule has 2 N–H and O–H groups in total. The summed E-state index contributed by atoms with van der Waals surface area (Å²) < 4.78 is 12.1. The molecule has 22 heavy (non-hydrogen) atoms. The van der Waals surface area contributed by atoms with Crippen molar-refractivity contribution >= 4 is 27.4 Å². The summed E-state index contributed by atoms with van der Waals surface area (Å²) in [5.74, 6) is 0. The van der Waals surface area contributed by atoms with E-state index >= 15 is 0 Å². The second-order valence-corrected chi connectivity index (χ2v) is 5.14. The molecule has 5 heteroatoms. The standard InChI is InChI=1S/C17H18N2O3/c1-21-16(22-2)10-19-15-8-7-11(18)9-14(15)12-5-3-4-6-13(12)17(19)20/h3-9,16H,10,18H2,1-2H3. The van der Waals surface area contributed by atoms with Gasteiger partial charge in [0.15, 0.2) is 6.29 Å². The molecule has 0 unspecified atom stereocenters. The number of ether oxygens (including phenoxy) is 2. The number of anilines is 1. The average Bonchev–Trinajstić information content (AvgIpc) is 2.55. The van der Waals surface area contributed by atoms with Gasteiger partial charge in [0.1, 0.15) is 0 Å². The Morgan fingerprint density at radius 1 is 1.05 bits per heavy atom. The Balaban J connectivity index is 2.38. The highest BCUT2D eigenvalue weighted by Gasteiger charge is 2.14. The number of rotatable bonds is 4. The lowest BCUT2D eigenvalue weighted by Crippen LogP contribution is -2.29. The Kier molecular flexibility index (Phi) is 3.83. The maximum atomic E-state index is 12.8. The van der Waals surface area contributed by atoms with Crippen LogP contribution in [-0.4, -0.2) is 25.1 Å². The number of methoxy groups -OCH3 is 2. The van der Waals surface area contributed by atoms with Gasteiger partial charge in [-0.3, -0.25) is 4.79 Å². The number of nitrogens with zero attached hydrogens (tertiary/aromatic N) is 1. The minimum absolute atomic E-state index is 0.0630. The Bertz CT molecular complexity index is 882. The number of benzene rings is 2. The Hall–Kier alpha value is -2.37. The van der Waals surface area contributed by atoms with E-state index in [1.54, 1.807) is 24.9 Å². The van der Waals surface area contributed by atoms with E-state index in [1.165, 1.54) is 0 Å². The number of hydrogen-bond acceptors (Lipinski definition) is 4. The number of pyridine rings is 1. The predicted molar refractivity (Wildman–Crippen MR) is 87.9 cm³/mol. The summed E-state index contributed by atoms with van der Waals surface area (Å²) in [7, 11) is 3.11. The van der Waals surface area contributed by atoms with Gasteiger partial charge in [-0.15, -0.1) is 0 Å². The SMILES string of the molecule is COC(Cn1c(=O)c2ccccc2c2cc(N)ccc21)OC. The highest BCUT2D eigenvalue weighted by molar-refractivity contribution is 6.06. The van der Waals surface area contributed by atoms with Crippen LogP contribution in [0.2, 0.25) is 0 Å². The van der Waals surface area contributed by atoms with Crippen LogP contribution in [0.5, 0.6) is 0 Å². The summed E-state index contributed by atoms with van der Waals surface area (Å²) in [4.78, 5) is 12.8. The summed E-state index contributed by atoms with van der Waals surface area (Å²) in [6.07, 6.45) is -0.486. The van der Waals surface area contributed by atoms with Crippen molar-refractivity contribution in [3.63, 3.8) is 0 Å². The van der Waals surface area contributed by atoms with Gasteiger partial charge in [-0.1, -0.05) is 18.2 Å². The summed E-state index contributed by atoms with van der Waals surface area (Å²) in [6.45, 7) is 0.317. The van der Waals surface area contributed by atoms with Gasteiger partial charge in [0.2, 0.25) is 0 Å². The van der Waals surface area contributed by atoms with Crippen LogP contribution < -0.4 is 11.3 Å². The molecule has 0 bridgehead atoms. The third-order valence-corrected chi connectivity index (χ3v) is 3.86. The van der Waals surface area contributed by atoms with Crippen molar-refractivity contribution in [1.29, 1.82) is 0 Å². The van der Waals surface area contributed by atoms with Gasteiger partial charge in [0, 0.05) is 30.7 Å². The molecule has 114 valence electrons. The molecule has 0 saturated carbocycles. The highest BCUT2D eigenvalue weighted by atomic mass is 16.7. The molecule has 3 aromatic rings. The van der Waals surface area contributed by atoms with E-state index < -0.39 is 6.29 Å². The molecule has 0 fully saturated rings. The molecule has 0 aliphatic carbocycles. The second kappa shape index (κ2) is 5.79. The Labute approximate surface area is 127 Å². The predicted octanol–water partition coefficient (Wildman–Crippen LogP) is 2.36. The molecule has 2 aromatic carbocycles. The van der Waals surface area contributed by atoms with Gasteiger partial charge in [0.25, 0.3) is 5.56 Å². The maximum Gasteiger partial charge on any atom is 0.259 e. The second-order valence-electron chi connectivity index (χ2n) is 5.14. The monoisotopic (exact) mass is 298 g/mol. The first-order valence-electron chi connectivity index (χ1n) is 7.02. The molecule has 0 saturated heterocycles. The Morgan fingerprint density at radius 3 is 2.41 bits per heavy atom. The first kappa shape index (κ1) is 14.6. The van der Waals surface area contributed by atoms with E-state index in [9.17, 15) is 4.79 Å². The molecule has 3 rings (SSSR count). The van der Waals surface area contributed by atoms with Crippen molar-refractivity contribution in [3.8, 4) is 0 Å². The van der Waals surface area contributed by atoms with Crippen molar-refractivity contribution in [2.75, 3.05) is 20.0 Å². The molecule has 5 nitrogen and oxygen atoms in total. The Morgan fingerprint density at radius 2 is 1.73 bits per heavy atom. The highest BCUT2D eigenvalue weighted by Crippen LogP contribution is 2.25. The summed E-state index contributed by atoms with van der Waals surface area (Å²) in [5.41, 5.74) is 7.34. The number of nitrogen functional groups attached to an aromatic ring is 1. The molecule has 0 spiro atoms.